The average Bonchev–Trinajstić information content (AvgIpc) is 2.33. The maximum Gasteiger partial charge on any atom is 0.233 e. The van der Waals surface area contributed by atoms with Crippen molar-refractivity contribution in [2.75, 3.05) is 12.4 Å². The summed E-state index contributed by atoms with van der Waals surface area (Å²) in [5.74, 6) is 1.75. The first-order valence-electron chi connectivity index (χ1n) is 6.50. The molecule has 0 aromatic heterocycles. The van der Waals surface area contributed by atoms with Crippen LogP contribution >= 0.6 is 11.8 Å². The van der Waals surface area contributed by atoms with Crippen LogP contribution in [0.4, 0.5) is 0 Å². The first-order chi connectivity index (χ1) is 8.88. The minimum Gasteiger partial charge on any atom is -0.493 e. The topological polar surface area (TPSA) is 38.3 Å². The van der Waals surface area contributed by atoms with Crippen LogP contribution < -0.4 is 10.1 Å². The number of hydrogen-bond acceptors (Lipinski definition) is 3. The van der Waals surface area contributed by atoms with Gasteiger partial charge in [-0.3, -0.25) is 4.79 Å². The number of rotatable bonds is 6. The number of carbonyl (C=O) groups excluding carboxylic acids is 1. The number of benzene rings is 1. The van der Waals surface area contributed by atoms with E-state index in [2.05, 4.69) is 5.32 Å². The fraction of sp³-hybridized carbons (Fsp3) is 0.533. The van der Waals surface area contributed by atoms with Crippen LogP contribution in [-0.4, -0.2) is 29.1 Å². The summed E-state index contributed by atoms with van der Waals surface area (Å²) in [5, 5.41) is 2.92. The molecule has 1 N–H and O–H groups in total. The Morgan fingerprint density at radius 2 is 1.95 bits per heavy atom. The fourth-order valence-electron chi connectivity index (χ4n) is 1.45. The molecular weight excluding hydrogens is 258 g/mol. The van der Waals surface area contributed by atoms with E-state index in [4.69, 9.17) is 4.74 Å². The van der Waals surface area contributed by atoms with Crippen molar-refractivity contribution in [1.82, 2.24) is 5.32 Å². The first-order valence-corrected chi connectivity index (χ1v) is 7.55. The zero-order valence-corrected chi connectivity index (χ0v) is 12.9. The molecule has 0 saturated carbocycles. The van der Waals surface area contributed by atoms with Crippen molar-refractivity contribution >= 4 is 17.7 Å². The Balaban J connectivity index is 2.20. The number of ether oxygens (including phenoxy) is 1. The second kappa shape index (κ2) is 7.43. The Morgan fingerprint density at radius 1 is 1.32 bits per heavy atom. The lowest BCUT2D eigenvalue weighted by molar-refractivity contribution is -0.121. The van der Waals surface area contributed by atoms with Crippen LogP contribution in [0.3, 0.4) is 0 Å². The van der Waals surface area contributed by atoms with Crippen LogP contribution in [0.2, 0.25) is 0 Å². The highest BCUT2D eigenvalue weighted by Crippen LogP contribution is 2.14. The zero-order valence-electron chi connectivity index (χ0n) is 12.1. The second-order valence-corrected chi connectivity index (χ2v) is 6.86. The van der Waals surface area contributed by atoms with E-state index in [-0.39, 0.29) is 16.7 Å². The van der Waals surface area contributed by atoms with Crippen molar-refractivity contribution in [2.24, 2.45) is 0 Å². The fourth-order valence-corrected chi connectivity index (χ4v) is 2.19. The molecule has 3 nitrogen and oxygen atoms in total. The molecule has 106 valence electrons. The number of thioether (sulfide) groups is 1. The third-order valence-corrected chi connectivity index (χ3v) is 3.45. The normalized spacial score (nSPS) is 12.8. The first kappa shape index (κ1) is 15.9. The van der Waals surface area contributed by atoms with Gasteiger partial charge in [0, 0.05) is 11.3 Å². The molecule has 0 saturated heterocycles. The monoisotopic (exact) mass is 281 g/mol. The molecule has 0 radical (unpaired) electrons. The Morgan fingerprint density at radius 3 is 2.53 bits per heavy atom. The Hall–Kier alpha value is -1.16. The van der Waals surface area contributed by atoms with Crippen molar-refractivity contribution < 1.29 is 9.53 Å². The van der Waals surface area contributed by atoms with Gasteiger partial charge in [0.1, 0.15) is 5.75 Å². The largest absolute Gasteiger partial charge is 0.493 e. The van der Waals surface area contributed by atoms with E-state index in [0.29, 0.717) is 6.61 Å². The van der Waals surface area contributed by atoms with Gasteiger partial charge < -0.3 is 10.1 Å². The van der Waals surface area contributed by atoms with Gasteiger partial charge in [-0.25, -0.2) is 0 Å². The lowest BCUT2D eigenvalue weighted by Crippen LogP contribution is -2.44. The third kappa shape index (κ3) is 7.11. The van der Waals surface area contributed by atoms with Crippen LogP contribution in [0, 0.1) is 0 Å². The van der Waals surface area contributed by atoms with Gasteiger partial charge in [-0.1, -0.05) is 18.2 Å². The van der Waals surface area contributed by atoms with Crippen LogP contribution in [0.15, 0.2) is 30.3 Å². The minimum absolute atomic E-state index is 0.0569. The third-order valence-electron chi connectivity index (χ3n) is 2.33. The van der Waals surface area contributed by atoms with Gasteiger partial charge in [0.25, 0.3) is 0 Å². The van der Waals surface area contributed by atoms with Gasteiger partial charge in [0.2, 0.25) is 5.91 Å². The molecule has 0 aliphatic rings. The molecular formula is C15H23NO2S. The predicted octanol–water partition coefficient (Wildman–Crippen LogP) is 3.10. The summed E-state index contributed by atoms with van der Waals surface area (Å²) in [6.07, 6.45) is 0. The van der Waals surface area contributed by atoms with E-state index in [1.807, 2.05) is 58.0 Å². The summed E-state index contributed by atoms with van der Waals surface area (Å²) in [6.45, 7) is 8.50. The van der Waals surface area contributed by atoms with Gasteiger partial charge in [-0.15, -0.1) is 11.8 Å². The van der Waals surface area contributed by atoms with Gasteiger partial charge >= 0.3 is 0 Å². The smallest absolute Gasteiger partial charge is 0.233 e. The summed E-state index contributed by atoms with van der Waals surface area (Å²) >= 11 is 1.61. The Labute approximate surface area is 120 Å². The average molecular weight is 281 g/mol. The molecule has 0 spiro atoms. The standard InChI is InChI=1S/C15H23NO2S/c1-12(14(17)16-15(2,3)4)19-11-10-18-13-8-6-5-7-9-13/h5-9,12H,10-11H2,1-4H3,(H,16,17)/t12-/m1/s1. The maximum absolute atomic E-state index is 11.9. The molecule has 0 heterocycles. The van der Waals surface area contributed by atoms with E-state index in [9.17, 15) is 4.79 Å². The van der Waals surface area contributed by atoms with Crippen LogP contribution in [-0.2, 0) is 4.79 Å². The Bertz CT molecular complexity index is 387. The summed E-state index contributed by atoms with van der Waals surface area (Å²) < 4.78 is 5.58. The molecule has 1 amide bonds. The second-order valence-electron chi connectivity index (χ2n) is 5.41. The van der Waals surface area contributed by atoms with E-state index in [1.165, 1.54) is 0 Å². The molecule has 4 heteroatoms. The number of para-hydroxylation sites is 1. The van der Waals surface area contributed by atoms with E-state index < -0.39 is 0 Å². The highest BCUT2D eigenvalue weighted by Gasteiger charge is 2.19. The molecule has 0 aliphatic heterocycles. The molecule has 19 heavy (non-hydrogen) atoms. The van der Waals surface area contributed by atoms with Crippen molar-refractivity contribution in [3.8, 4) is 5.75 Å². The van der Waals surface area contributed by atoms with Gasteiger partial charge in [0.05, 0.1) is 11.9 Å². The SMILES string of the molecule is C[C@@H](SCCOc1ccccc1)C(=O)NC(C)(C)C. The van der Waals surface area contributed by atoms with Crippen molar-refractivity contribution in [3.05, 3.63) is 30.3 Å². The van der Waals surface area contributed by atoms with Crippen LogP contribution in [0.25, 0.3) is 0 Å². The van der Waals surface area contributed by atoms with Gasteiger partial charge in [0.15, 0.2) is 0 Å². The highest BCUT2D eigenvalue weighted by molar-refractivity contribution is 8.00. The van der Waals surface area contributed by atoms with Crippen LogP contribution in [0.5, 0.6) is 5.75 Å². The van der Waals surface area contributed by atoms with E-state index >= 15 is 0 Å². The maximum atomic E-state index is 11.9. The van der Waals surface area contributed by atoms with Crippen LogP contribution in [0.1, 0.15) is 27.7 Å². The zero-order chi connectivity index (χ0) is 14.3. The van der Waals surface area contributed by atoms with E-state index in [0.717, 1.165) is 11.5 Å². The lowest BCUT2D eigenvalue weighted by atomic mass is 10.1. The molecule has 0 fully saturated rings. The Kier molecular flexibility index (Phi) is 6.22. The summed E-state index contributed by atoms with van der Waals surface area (Å²) in [5.41, 5.74) is -0.174. The van der Waals surface area contributed by atoms with Gasteiger partial charge in [-0.05, 0) is 39.8 Å². The lowest BCUT2D eigenvalue weighted by Gasteiger charge is -2.23. The number of amides is 1. The minimum atomic E-state index is -0.174. The summed E-state index contributed by atoms with van der Waals surface area (Å²) in [7, 11) is 0. The van der Waals surface area contributed by atoms with E-state index in [1.54, 1.807) is 11.8 Å². The molecule has 1 atom stereocenters. The molecule has 1 aromatic carbocycles. The summed E-state index contributed by atoms with van der Waals surface area (Å²) in [4.78, 5) is 11.9. The molecule has 1 rings (SSSR count). The molecule has 0 bridgehead atoms. The highest BCUT2D eigenvalue weighted by atomic mass is 32.2. The molecule has 0 unspecified atom stereocenters. The van der Waals surface area contributed by atoms with Gasteiger partial charge in [-0.2, -0.15) is 0 Å². The van der Waals surface area contributed by atoms with Crippen molar-refractivity contribution in [3.63, 3.8) is 0 Å². The number of carbonyl (C=O) groups is 1. The molecule has 0 aliphatic carbocycles. The summed E-state index contributed by atoms with van der Waals surface area (Å²) in [6, 6.07) is 9.71. The number of nitrogens with one attached hydrogen (secondary N) is 1. The van der Waals surface area contributed by atoms with Crippen molar-refractivity contribution in [2.45, 2.75) is 38.5 Å². The quantitative estimate of drug-likeness (QED) is 0.814. The number of hydrogen-bond donors (Lipinski definition) is 1. The molecule has 1 aromatic rings. The predicted molar refractivity (Wildman–Crippen MR) is 81.8 cm³/mol. The van der Waals surface area contributed by atoms with Crippen molar-refractivity contribution in [1.29, 1.82) is 0 Å².